The molecule has 5 nitrogen and oxygen atoms in total. The minimum atomic E-state index is -0.732. The summed E-state index contributed by atoms with van der Waals surface area (Å²) in [5.41, 5.74) is 3.48. The van der Waals surface area contributed by atoms with Gasteiger partial charge in [-0.2, -0.15) is 0 Å². The fraction of sp³-hybridized carbons (Fsp3) is 0.259. The minimum Gasteiger partial charge on any atom is -0.497 e. The molecule has 32 heavy (non-hydrogen) atoms. The number of aliphatic imine (C=N–C) groups is 1. The maximum atomic E-state index is 13.1. The second-order valence-corrected chi connectivity index (χ2v) is 7.64. The Morgan fingerprint density at radius 1 is 0.812 bits per heavy atom. The van der Waals surface area contributed by atoms with Crippen LogP contribution in [0.25, 0.3) is 0 Å². The van der Waals surface area contributed by atoms with E-state index in [0.717, 1.165) is 22.4 Å². The third-order valence-corrected chi connectivity index (χ3v) is 4.84. The van der Waals surface area contributed by atoms with E-state index in [2.05, 4.69) is 0 Å². The van der Waals surface area contributed by atoms with Crippen molar-refractivity contribution >= 4 is 11.7 Å². The Morgan fingerprint density at radius 3 is 1.75 bits per heavy atom. The summed E-state index contributed by atoms with van der Waals surface area (Å²) in [5, 5.41) is 0. The quantitative estimate of drug-likeness (QED) is 0.349. The highest BCUT2D eigenvalue weighted by atomic mass is 16.5. The lowest BCUT2D eigenvalue weighted by atomic mass is 10.0. The number of carbonyl (C=O) groups is 1. The molecule has 1 atom stereocenters. The first kappa shape index (κ1) is 23.1. The highest BCUT2D eigenvalue weighted by molar-refractivity contribution is 6.13. The van der Waals surface area contributed by atoms with Crippen LogP contribution in [0.1, 0.15) is 30.5 Å². The topological polar surface area (TPSA) is 57.1 Å². The fourth-order valence-corrected chi connectivity index (χ4v) is 3.36. The van der Waals surface area contributed by atoms with Crippen LogP contribution >= 0.6 is 0 Å². The molecule has 0 amide bonds. The van der Waals surface area contributed by atoms with Crippen molar-refractivity contribution in [2.75, 3.05) is 14.2 Å². The molecule has 0 radical (unpaired) electrons. The molecular formula is C27H29NO4. The van der Waals surface area contributed by atoms with Crippen molar-refractivity contribution in [1.29, 1.82) is 0 Å². The Hall–Kier alpha value is -3.60. The zero-order valence-corrected chi connectivity index (χ0v) is 18.9. The lowest BCUT2D eigenvalue weighted by molar-refractivity contribution is -0.148. The van der Waals surface area contributed by atoms with Crippen LogP contribution in [0.5, 0.6) is 11.5 Å². The zero-order valence-electron chi connectivity index (χ0n) is 18.9. The molecule has 0 aromatic heterocycles. The fourth-order valence-electron chi connectivity index (χ4n) is 3.36. The smallest absolute Gasteiger partial charge is 0.331 e. The summed E-state index contributed by atoms with van der Waals surface area (Å²) >= 11 is 0. The van der Waals surface area contributed by atoms with Crippen molar-refractivity contribution in [2.24, 2.45) is 4.99 Å². The molecule has 0 saturated carbocycles. The zero-order chi connectivity index (χ0) is 22.9. The van der Waals surface area contributed by atoms with E-state index in [1.54, 1.807) is 20.3 Å². The Bertz CT molecular complexity index is 982. The molecule has 0 aliphatic heterocycles. The predicted molar refractivity (Wildman–Crippen MR) is 127 cm³/mol. The van der Waals surface area contributed by atoms with Gasteiger partial charge in [0.05, 0.1) is 26.0 Å². The van der Waals surface area contributed by atoms with Crippen LogP contribution in [0.3, 0.4) is 0 Å². The summed E-state index contributed by atoms with van der Waals surface area (Å²) in [5.74, 6) is 0.947. The number of esters is 1. The van der Waals surface area contributed by atoms with Crippen molar-refractivity contribution in [3.63, 3.8) is 0 Å². The summed E-state index contributed by atoms with van der Waals surface area (Å²) in [7, 11) is 3.20. The van der Waals surface area contributed by atoms with E-state index in [1.165, 1.54) is 0 Å². The van der Waals surface area contributed by atoms with Crippen LogP contribution in [0.4, 0.5) is 0 Å². The van der Waals surface area contributed by atoms with Gasteiger partial charge in [-0.15, -0.1) is 0 Å². The van der Waals surface area contributed by atoms with E-state index in [0.29, 0.717) is 17.9 Å². The normalized spacial score (nSPS) is 11.5. The lowest BCUT2D eigenvalue weighted by Crippen LogP contribution is -2.28. The second-order valence-electron chi connectivity index (χ2n) is 7.64. The molecule has 166 valence electrons. The van der Waals surface area contributed by atoms with Crippen LogP contribution in [0, 0.1) is 0 Å². The standard InChI is InChI=1S/C27H29NO4/c1-19(2)32-27(29)25(17-20-15-23(30-3)18-24(16-20)31-4)28-26(21-11-7-5-8-12-21)22-13-9-6-10-14-22/h5-16,18-19,25H,17H2,1-4H3/t25-/m0/s1. The molecule has 3 rings (SSSR count). The molecule has 5 heteroatoms. The van der Waals surface area contributed by atoms with Crippen LogP contribution in [-0.4, -0.2) is 38.0 Å². The average molecular weight is 432 g/mol. The van der Waals surface area contributed by atoms with Gasteiger partial charge in [0.25, 0.3) is 0 Å². The van der Waals surface area contributed by atoms with Gasteiger partial charge in [-0.25, -0.2) is 4.79 Å². The van der Waals surface area contributed by atoms with E-state index in [9.17, 15) is 4.79 Å². The number of rotatable bonds is 9. The van der Waals surface area contributed by atoms with Gasteiger partial charge < -0.3 is 14.2 Å². The van der Waals surface area contributed by atoms with Gasteiger partial charge in [-0.3, -0.25) is 4.99 Å². The van der Waals surface area contributed by atoms with Crippen molar-refractivity contribution in [2.45, 2.75) is 32.4 Å². The van der Waals surface area contributed by atoms with Gasteiger partial charge >= 0.3 is 5.97 Å². The number of nitrogens with zero attached hydrogens (tertiary/aromatic N) is 1. The molecule has 0 unspecified atom stereocenters. The van der Waals surface area contributed by atoms with E-state index < -0.39 is 6.04 Å². The first-order valence-electron chi connectivity index (χ1n) is 10.6. The molecule has 0 aliphatic carbocycles. The van der Waals surface area contributed by atoms with E-state index in [4.69, 9.17) is 19.2 Å². The highest BCUT2D eigenvalue weighted by Crippen LogP contribution is 2.25. The van der Waals surface area contributed by atoms with Crippen LogP contribution < -0.4 is 9.47 Å². The third kappa shape index (κ3) is 6.20. The summed E-state index contributed by atoms with van der Waals surface area (Å²) in [6, 6.07) is 24.6. The molecule has 0 bridgehead atoms. The number of benzene rings is 3. The van der Waals surface area contributed by atoms with Crippen molar-refractivity contribution in [1.82, 2.24) is 0 Å². The van der Waals surface area contributed by atoms with Crippen LogP contribution in [0.15, 0.2) is 83.9 Å². The molecule has 0 spiro atoms. The van der Waals surface area contributed by atoms with E-state index in [1.807, 2.05) is 86.6 Å². The number of carbonyl (C=O) groups excluding carboxylic acids is 1. The molecular weight excluding hydrogens is 402 g/mol. The van der Waals surface area contributed by atoms with Crippen molar-refractivity contribution in [3.05, 3.63) is 95.6 Å². The lowest BCUT2D eigenvalue weighted by Gasteiger charge is -2.18. The Kier molecular flexibility index (Phi) is 8.03. The van der Waals surface area contributed by atoms with E-state index in [-0.39, 0.29) is 12.1 Å². The number of ether oxygens (including phenoxy) is 3. The third-order valence-electron chi connectivity index (χ3n) is 4.84. The van der Waals surface area contributed by atoms with Gasteiger partial charge in [-0.1, -0.05) is 60.7 Å². The first-order chi connectivity index (χ1) is 15.5. The maximum Gasteiger partial charge on any atom is 0.331 e. The van der Waals surface area contributed by atoms with Gasteiger partial charge in [0.2, 0.25) is 0 Å². The van der Waals surface area contributed by atoms with Gasteiger partial charge in [0.1, 0.15) is 11.5 Å². The molecule has 3 aromatic carbocycles. The molecule has 0 saturated heterocycles. The molecule has 0 aliphatic rings. The Labute approximate surface area is 189 Å². The SMILES string of the molecule is COc1cc(C[C@H](N=C(c2ccccc2)c2ccccc2)C(=O)OC(C)C)cc(OC)c1. The van der Waals surface area contributed by atoms with Crippen molar-refractivity contribution < 1.29 is 19.0 Å². The predicted octanol–water partition coefficient (Wildman–Crippen LogP) is 5.10. The Balaban J connectivity index is 2.07. The van der Waals surface area contributed by atoms with Gasteiger partial charge in [-0.05, 0) is 31.5 Å². The largest absolute Gasteiger partial charge is 0.497 e. The molecule has 0 N–H and O–H groups in total. The molecule has 0 heterocycles. The first-order valence-corrected chi connectivity index (χ1v) is 10.6. The number of hydrogen-bond donors (Lipinski definition) is 0. The minimum absolute atomic E-state index is 0.239. The summed E-state index contributed by atoms with van der Waals surface area (Å²) in [6.45, 7) is 3.67. The van der Waals surface area contributed by atoms with Gasteiger partial charge in [0, 0.05) is 23.6 Å². The summed E-state index contributed by atoms with van der Waals surface area (Å²) < 4.78 is 16.3. The number of methoxy groups -OCH3 is 2. The monoisotopic (exact) mass is 431 g/mol. The average Bonchev–Trinajstić information content (AvgIpc) is 2.82. The molecule has 0 fully saturated rings. The second kappa shape index (κ2) is 11.1. The molecule has 3 aromatic rings. The van der Waals surface area contributed by atoms with Crippen LogP contribution in [-0.2, 0) is 16.0 Å². The number of hydrogen-bond acceptors (Lipinski definition) is 5. The summed E-state index contributed by atoms with van der Waals surface area (Å²) in [6.07, 6.45) is 0.111. The summed E-state index contributed by atoms with van der Waals surface area (Å²) in [4.78, 5) is 18.0. The van der Waals surface area contributed by atoms with Crippen LogP contribution in [0.2, 0.25) is 0 Å². The highest BCUT2D eigenvalue weighted by Gasteiger charge is 2.23. The van der Waals surface area contributed by atoms with E-state index >= 15 is 0 Å². The maximum absolute atomic E-state index is 13.1. The Morgan fingerprint density at radius 2 is 1.31 bits per heavy atom. The van der Waals surface area contributed by atoms with Gasteiger partial charge in [0.15, 0.2) is 6.04 Å². The van der Waals surface area contributed by atoms with Crippen molar-refractivity contribution in [3.8, 4) is 11.5 Å².